The molecule has 5 nitrogen and oxygen atoms in total. The number of aryl methyl sites for hydroxylation is 2. The van der Waals surface area contributed by atoms with Gasteiger partial charge >= 0.3 is 0 Å². The highest BCUT2D eigenvalue weighted by molar-refractivity contribution is 7.92. The van der Waals surface area contributed by atoms with Gasteiger partial charge < -0.3 is 0 Å². The van der Waals surface area contributed by atoms with Crippen molar-refractivity contribution >= 4 is 15.7 Å². The molecule has 154 valence electrons. The van der Waals surface area contributed by atoms with Crippen LogP contribution in [0.4, 0.5) is 5.69 Å². The molecule has 0 saturated carbocycles. The summed E-state index contributed by atoms with van der Waals surface area (Å²) in [6, 6.07) is 15.2. The van der Waals surface area contributed by atoms with Gasteiger partial charge in [-0.1, -0.05) is 57.2 Å². The minimum Gasteiger partial charge on any atom is -0.276 e. The molecule has 0 aliphatic carbocycles. The van der Waals surface area contributed by atoms with Crippen LogP contribution in [0.3, 0.4) is 0 Å². The second-order valence-electron chi connectivity index (χ2n) is 8.51. The van der Waals surface area contributed by atoms with Crippen molar-refractivity contribution < 1.29 is 8.42 Å². The number of nitrogens with zero attached hydrogens (tertiary/aromatic N) is 2. The van der Waals surface area contributed by atoms with E-state index < -0.39 is 10.0 Å². The van der Waals surface area contributed by atoms with Crippen molar-refractivity contribution in [3.05, 3.63) is 76.6 Å². The second-order valence-corrected chi connectivity index (χ2v) is 10.2. The van der Waals surface area contributed by atoms with Gasteiger partial charge in [-0.15, -0.1) is 0 Å². The highest BCUT2D eigenvalue weighted by atomic mass is 32.2. The van der Waals surface area contributed by atoms with Crippen LogP contribution in [0.5, 0.6) is 0 Å². The lowest BCUT2D eigenvalue weighted by Gasteiger charge is -2.19. The topological polar surface area (TPSA) is 64.0 Å². The fraction of sp³-hybridized carbons (Fsp3) is 0.348. The standard InChI is InChI=1S/C23H29N3O2S/c1-16-9-7-8-10-19(16)15-26-18(3)22(17(2)24-26)25-29(27,28)21-13-11-20(12-14-21)23(4,5)6/h7-14,25H,15H2,1-6H3. The summed E-state index contributed by atoms with van der Waals surface area (Å²) < 4.78 is 30.5. The van der Waals surface area contributed by atoms with Gasteiger partial charge in [0.05, 0.1) is 28.5 Å². The zero-order valence-corrected chi connectivity index (χ0v) is 18.8. The van der Waals surface area contributed by atoms with Crippen LogP contribution in [0.15, 0.2) is 53.4 Å². The van der Waals surface area contributed by atoms with E-state index in [1.54, 1.807) is 12.1 Å². The minimum atomic E-state index is -3.69. The third kappa shape index (κ3) is 4.53. The lowest BCUT2D eigenvalue weighted by Crippen LogP contribution is -2.15. The van der Waals surface area contributed by atoms with E-state index in [4.69, 9.17) is 0 Å². The molecule has 0 radical (unpaired) electrons. The van der Waals surface area contributed by atoms with Gasteiger partial charge in [-0.25, -0.2) is 8.42 Å². The molecule has 0 unspecified atom stereocenters. The Morgan fingerprint density at radius 3 is 2.17 bits per heavy atom. The third-order valence-corrected chi connectivity index (χ3v) is 6.60. The Hall–Kier alpha value is -2.60. The smallest absolute Gasteiger partial charge is 0.262 e. The summed E-state index contributed by atoms with van der Waals surface area (Å²) in [7, 11) is -3.69. The fourth-order valence-electron chi connectivity index (χ4n) is 3.27. The minimum absolute atomic E-state index is 0.0282. The predicted molar refractivity (Wildman–Crippen MR) is 118 cm³/mol. The Morgan fingerprint density at radius 2 is 1.59 bits per heavy atom. The van der Waals surface area contributed by atoms with Crippen LogP contribution in [0.25, 0.3) is 0 Å². The molecule has 1 heterocycles. The van der Waals surface area contributed by atoms with Gasteiger partial charge in [-0.05, 0) is 55.0 Å². The van der Waals surface area contributed by atoms with Crippen molar-refractivity contribution in [1.82, 2.24) is 9.78 Å². The van der Waals surface area contributed by atoms with Crippen LogP contribution in [0, 0.1) is 20.8 Å². The van der Waals surface area contributed by atoms with E-state index in [0.29, 0.717) is 17.9 Å². The molecule has 0 spiro atoms. The van der Waals surface area contributed by atoms with Gasteiger partial charge in [0.1, 0.15) is 0 Å². The van der Waals surface area contributed by atoms with E-state index in [-0.39, 0.29) is 10.3 Å². The Labute approximate surface area is 173 Å². The van der Waals surface area contributed by atoms with Gasteiger partial charge in [0.2, 0.25) is 0 Å². The first-order chi connectivity index (χ1) is 13.5. The van der Waals surface area contributed by atoms with Crippen LogP contribution in [0.1, 0.15) is 48.8 Å². The Morgan fingerprint density at radius 1 is 0.966 bits per heavy atom. The Balaban J connectivity index is 1.88. The molecule has 2 aromatic carbocycles. The van der Waals surface area contributed by atoms with E-state index in [0.717, 1.165) is 16.8 Å². The number of benzene rings is 2. The molecule has 0 amide bonds. The zero-order chi connectivity index (χ0) is 21.4. The first-order valence-corrected chi connectivity index (χ1v) is 11.2. The SMILES string of the molecule is Cc1ccccc1Cn1nc(C)c(NS(=O)(=O)c2ccc(C(C)(C)C)cc2)c1C. The van der Waals surface area contributed by atoms with Crippen molar-refractivity contribution in [1.29, 1.82) is 0 Å². The fourth-order valence-corrected chi connectivity index (χ4v) is 4.45. The van der Waals surface area contributed by atoms with Crippen LogP contribution in [-0.4, -0.2) is 18.2 Å². The predicted octanol–water partition coefficient (Wildman–Crippen LogP) is 4.95. The summed E-state index contributed by atoms with van der Waals surface area (Å²) >= 11 is 0. The van der Waals surface area contributed by atoms with Gasteiger partial charge in [0.15, 0.2) is 0 Å². The molecule has 0 atom stereocenters. The van der Waals surface area contributed by atoms with Gasteiger partial charge in [-0.2, -0.15) is 5.10 Å². The number of hydrogen-bond donors (Lipinski definition) is 1. The maximum absolute atomic E-state index is 12.9. The molecule has 29 heavy (non-hydrogen) atoms. The zero-order valence-electron chi connectivity index (χ0n) is 17.9. The molecular formula is C23H29N3O2S. The normalized spacial score (nSPS) is 12.2. The molecule has 0 aliphatic heterocycles. The van der Waals surface area contributed by atoms with Gasteiger partial charge in [0.25, 0.3) is 10.0 Å². The lowest BCUT2D eigenvalue weighted by atomic mass is 9.87. The molecule has 3 rings (SSSR count). The summed E-state index contributed by atoms with van der Waals surface area (Å²) in [5, 5.41) is 4.56. The maximum atomic E-state index is 12.9. The molecular weight excluding hydrogens is 382 g/mol. The van der Waals surface area contributed by atoms with E-state index in [1.807, 2.05) is 42.8 Å². The average molecular weight is 412 g/mol. The third-order valence-electron chi connectivity index (χ3n) is 5.23. The number of sulfonamides is 1. The molecule has 0 aliphatic rings. The van der Waals surface area contributed by atoms with Crippen LogP contribution < -0.4 is 4.72 Å². The summed E-state index contributed by atoms with van der Waals surface area (Å²) in [6.45, 7) is 12.7. The number of hydrogen-bond acceptors (Lipinski definition) is 3. The quantitative estimate of drug-likeness (QED) is 0.646. The highest BCUT2D eigenvalue weighted by Gasteiger charge is 2.21. The molecule has 1 N–H and O–H groups in total. The van der Waals surface area contributed by atoms with Gasteiger partial charge in [-0.3, -0.25) is 9.40 Å². The summed E-state index contributed by atoms with van der Waals surface area (Å²) in [4.78, 5) is 0.246. The Bertz CT molecular complexity index is 1120. The van der Waals surface area contributed by atoms with E-state index in [1.165, 1.54) is 5.56 Å². The van der Waals surface area contributed by atoms with Crippen LogP contribution in [0.2, 0.25) is 0 Å². The first kappa shape index (κ1) is 21.1. The number of rotatable bonds is 5. The molecule has 0 bridgehead atoms. The summed E-state index contributed by atoms with van der Waals surface area (Å²) in [5.74, 6) is 0. The molecule has 0 fully saturated rings. The lowest BCUT2D eigenvalue weighted by molar-refractivity contribution is 0.587. The van der Waals surface area contributed by atoms with Gasteiger partial charge in [0, 0.05) is 0 Å². The van der Waals surface area contributed by atoms with Crippen molar-refractivity contribution in [3.63, 3.8) is 0 Å². The average Bonchev–Trinajstić information content (AvgIpc) is 2.90. The number of nitrogens with one attached hydrogen (secondary N) is 1. The van der Waals surface area contributed by atoms with E-state index in [2.05, 4.69) is 49.6 Å². The van der Waals surface area contributed by atoms with Crippen molar-refractivity contribution in [2.45, 2.75) is 58.4 Å². The number of aromatic nitrogens is 2. The van der Waals surface area contributed by atoms with Crippen molar-refractivity contribution in [3.8, 4) is 0 Å². The molecule has 1 aromatic heterocycles. The molecule has 3 aromatic rings. The van der Waals surface area contributed by atoms with Crippen LogP contribution in [-0.2, 0) is 22.0 Å². The second kappa shape index (κ2) is 7.67. The van der Waals surface area contributed by atoms with Crippen molar-refractivity contribution in [2.24, 2.45) is 0 Å². The molecule has 0 saturated heterocycles. The van der Waals surface area contributed by atoms with Crippen LogP contribution >= 0.6 is 0 Å². The maximum Gasteiger partial charge on any atom is 0.262 e. The summed E-state index contributed by atoms with van der Waals surface area (Å²) in [5.41, 5.74) is 5.39. The Kier molecular flexibility index (Phi) is 5.59. The highest BCUT2D eigenvalue weighted by Crippen LogP contribution is 2.27. The first-order valence-electron chi connectivity index (χ1n) is 9.71. The summed E-state index contributed by atoms with van der Waals surface area (Å²) in [6.07, 6.45) is 0. The largest absolute Gasteiger partial charge is 0.276 e. The van der Waals surface area contributed by atoms with E-state index in [9.17, 15) is 8.42 Å². The van der Waals surface area contributed by atoms with E-state index >= 15 is 0 Å². The number of anilines is 1. The molecule has 6 heteroatoms. The monoisotopic (exact) mass is 411 g/mol. The van der Waals surface area contributed by atoms with Crippen molar-refractivity contribution in [2.75, 3.05) is 4.72 Å².